The first-order chi connectivity index (χ1) is 9.92. The van der Waals surface area contributed by atoms with E-state index in [2.05, 4.69) is 4.99 Å². The molecule has 3 rings (SSSR count). The molecule has 108 valence electrons. The lowest BCUT2D eigenvalue weighted by Gasteiger charge is -2.17. The number of hydrogen-bond acceptors (Lipinski definition) is 5. The van der Waals surface area contributed by atoms with Gasteiger partial charge in [0.1, 0.15) is 5.84 Å². The number of hydrogen-bond donors (Lipinski definition) is 4. The van der Waals surface area contributed by atoms with Gasteiger partial charge in [0.25, 0.3) is 0 Å². The molecule has 6 nitrogen and oxygen atoms in total. The predicted octanol–water partition coefficient (Wildman–Crippen LogP) is 0.616. The SMILES string of the molecule is N=C(Cc1cc(C(N)=O)ccc1N)C12C=CC(N)=NC1C2. The number of nitrogens with two attached hydrogens (primary N) is 3. The van der Waals surface area contributed by atoms with Gasteiger partial charge in [-0.05, 0) is 36.3 Å². The van der Waals surface area contributed by atoms with Crippen LogP contribution in [0.1, 0.15) is 22.3 Å². The lowest BCUT2D eigenvalue weighted by molar-refractivity contribution is 0.1000. The Balaban J connectivity index is 1.82. The molecule has 1 aromatic rings. The maximum absolute atomic E-state index is 11.2. The summed E-state index contributed by atoms with van der Waals surface area (Å²) in [7, 11) is 0. The molecular formula is C15H17N5O. The standard InChI is InChI=1S/C15H17N5O/c16-10-2-1-8(14(19)21)5-9(10)6-11(17)15-4-3-13(18)20-12(15)7-15/h1-5,12,17H,6-7,16H2,(H2,18,20)(H2,19,21). The molecule has 0 aromatic heterocycles. The Morgan fingerprint density at radius 1 is 1.43 bits per heavy atom. The summed E-state index contributed by atoms with van der Waals surface area (Å²) in [6.45, 7) is 0. The number of amidine groups is 1. The topological polar surface area (TPSA) is 131 Å². The van der Waals surface area contributed by atoms with Crippen LogP contribution in [0.3, 0.4) is 0 Å². The van der Waals surface area contributed by atoms with E-state index in [4.69, 9.17) is 22.6 Å². The number of primary amides is 1. The molecule has 7 N–H and O–H groups in total. The van der Waals surface area contributed by atoms with E-state index < -0.39 is 5.91 Å². The number of anilines is 1. The molecule has 1 saturated carbocycles. The van der Waals surface area contributed by atoms with E-state index in [0.717, 1.165) is 12.0 Å². The predicted molar refractivity (Wildman–Crippen MR) is 82.4 cm³/mol. The molecule has 0 spiro atoms. The minimum absolute atomic E-state index is 0.0653. The smallest absolute Gasteiger partial charge is 0.248 e. The summed E-state index contributed by atoms with van der Waals surface area (Å²) in [5.74, 6) is 0.0105. The molecule has 0 saturated heterocycles. The number of aliphatic imine (C=N–C) groups is 1. The molecule has 21 heavy (non-hydrogen) atoms. The van der Waals surface area contributed by atoms with Crippen molar-refractivity contribution >= 4 is 23.1 Å². The van der Waals surface area contributed by atoms with Crippen LogP contribution in [0.2, 0.25) is 0 Å². The molecule has 2 unspecified atom stereocenters. The van der Waals surface area contributed by atoms with Crippen molar-refractivity contribution in [1.82, 2.24) is 0 Å². The van der Waals surface area contributed by atoms with E-state index in [-0.39, 0.29) is 11.5 Å². The number of fused-ring (bicyclic) bond motifs is 1. The average Bonchev–Trinajstić information content (AvgIpc) is 3.15. The molecular weight excluding hydrogens is 266 g/mol. The van der Waals surface area contributed by atoms with Crippen LogP contribution in [0.4, 0.5) is 5.69 Å². The zero-order chi connectivity index (χ0) is 15.2. The van der Waals surface area contributed by atoms with E-state index in [1.165, 1.54) is 0 Å². The summed E-state index contributed by atoms with van der Waals surface area (Å²) < 4.78 is 0. The van der Waals surface area contributed by atoms with Crippen LogP contribution in [0.5, 0.6) is 0 Å². The van der Waals surface area contributed by atoms with Crippen molar-refractivity contribution in [2.45, 2.75) is 18.9 Å². The summed E-state index contributed by atoms with van der Waals surface area (Å²) in [4.78, 5) is 15.6. The van der Waals surface area contributed by atoms with Crippen molar-refractivity contribution in [1.29, 1.82) is 5.41 Å². The summed E-state index contributed by atoms with van der Waals surface area (Å²) in [5.41, 5.74) is 18.8. The molecule has 6 heteroatoms. The van der Waals surface area contributed by atoms with Crippen LogP contribution < -0.4 is 17.2 Å². The van der Waals surface area contributed by atoms with Gasteiger partial charge in [-0.1, -0.05) is 6.08 Å². The minimum Gasteiger partial charge on any atom is -0.398 e. The van der Waals surface area contributed by atoms with E-state index in [9.17, 15) is 4.79 Å². The van der Waals surface area contributed by atoms with Gasteiger partial charge in [0, 0.05) is 23.4 Å². The number of carbonyl (C=O) groups excluding carboxylic acids is 1. The Hall–Kier alpha value is -2.63. The van der Waals surface area contributed by atoms with Crippen LogP contribution in [-0.4, -0.2) is 23.5 Å². The monoisotopic (exact) mass is 283 g/mol. The molecule has 2 atom stereocenters. The second kappa shape index (κ2) is 4.44. The average molecular weight is 283 g/mol. The summed E-state index contributed by atoms with van der Waals surface area (Å²) in [6.07, 6.45) is 4.89. The van der Waals surface area contributed by atoms with Gasteiger partial charge in [-0.15, -0.1) is 0 Å². The number of nitrogen functional groups attached to an aromatic ring is 1. The Kier molecular flexibility index (Phi) is 2.83. The molecule has 0 bridgehead atoms. The van der Waals surface area contributed by atoms with Crippen molar-refractivity contribution in [3.8, 4) is 0 Å². The highest BCUT2D eigenvalue weighted by molar-refractivity contribution is 6.01. The molecule has 1 fully saturated rings. The van der Waals surface area contributed by atoms with Crippen LogP contribution >= 0.6 is 0 Å². The van der Waals surface area contributed by atoms with Gasteiger partial charge in [-0.2, -0.15) is 0 Å². The molecule has 1 aliphatic heterocycles. The van der Waals surface area contributed by atoms with Crippen molar-refractivity contribution in [3.63, 3.8) is 0 Å². The summed E-state index contributed by atoms with van der Waals surface area (Å²) >= 11 is 0. The third-order valence-corrected chi connectivity index (χ3v) is 4.18. The molecule has 1 amide bonds. The lowest BCUT2D eigenvalue weighted by Crippen LogP contribution is -2.24. The highest BCUT2D eigenvalue weighted by Gasteiger charge is 2.56. The van der Waals surface area contributed by atoms with Gasteiger partial charge in [-0.3, -0.25) is 9.79 Å². The minimum atomic E-state index is -0.500. The van der Waals surface area contributed by atoms with Gasteiger partial charge >= 0.3 is 0 Å². The zero-order valence-electron chi connectivity index (χ0n) is 11.5. The first kappa shape index (κ1) is 13.4. The maximum Gasteiger partial charge on any atom is 0.248 e. The summed E-state index contributed by atoms with van der Waals surface area (Å²) in [5, 5.41) is 8.37. The third-order valence-electron chi connectivity index (χ3n) is 4.18. The van der Waals surface area contributed by atoms with Crippen molar-refractivity contribution in [3.05, 3.63) is 41.5 Å². The van der Waals surface area contributed by atoms with Crippen LogP contribution in [0.15, 0.2) is 35.3 Å². The number of amides is 1. The van der Waals surface area contributed by atoms with Gasteiger partial charge in [0.05, 0.1) is 11.5 Å². The fourth-order valence-corrected chi connectivity index (χ4v) is 2.75. The number of carbonyl (C=O) groups is 1. The van der Waals surface area contributed by atoms with Gasteiger partial charge in [0.2, 0.25) is 5.91 Å². The number of benzene rings is 1. The Morgan fingerprint density at radius 2 is 2.19 bits per heavy atom. The molecule has 0 radical (unpaired) electrons. The van der Waals surface area contributed by atoms with E-state index in [0.29, 0.717) is 29.2 Å². The molecule has 1 heterocycles. The molecule has 1 aromatic carbocycles. The maximum atomic E-state index is 11.2. The zero-order valence-corrected chi connectivity index (χ0v) is 11.5. The van der Waals surface area contributed by atoms with Crippen molar-refractivity contribution < 1.29 is 4.79 Å². The van der Waals surface area contributed by atoms with Gasteiger partial charge < -0.3 is 22.6 Å². The molecule has 2 aliphatic rings. The van der Waals surface area contributed by atoms with E-state index >= 15 is 0 Å². The second-order valence-corrected chi connectivity index (χ2v) is 5.58. The first-order valence-electron chi connectivity index (χ1n) is 6.71. The Bertz CT molecular complexity index is 706. The largest absolute Gasteiger partial charge is 0.398 e. The Morgan fingerprint density at radius 3 is 2.86 bits per heavy atom. The van der Waals surface area contributed by atoms with Crippen molar-refractivity contribution in [2.75, 3.05) is 5.73 Å². The number of dihydropyridines is 1. The van der Waals surface area contributed by atoms with Gasteiger partial charge in [-0.25, -0.2) is 0 Å². The second-order valence-electron chi connectivity index (χ2n) is 5.58. The fourth-order valence-electron chi connectivity index (χ4n) is 2.75. The van der Waals surface area contributed by atoms with Crippen LogP contribution in [0.25, 0.3) is 0 Å². The lowest BCUT2D eigenvalue weighted by atomic mass is 9.91. The summed E-state index contributed by atoms with van der Waals surface area (Å²) in [6, 6.07) is 4.96. The Labute approximate surface area is 122 Å². The number of nitrogens with one attached hydrogen (secondary N) is 1. The number of nitrogens with zero attached hydrogens (tertiary/aromatic N) is 1. The van der Waals surface area contributed by atoms with E-state index in [1.54, 1.807) is 24.3 Å². The van der Waals surface area contributed by atoms with Gasteiger partial charge in [0.15, 0.2) is 0 Å². The van der Waals surface area contributed by atoms with E-state index in [1.807, 2.05) is 6.08 Å². The van der Waals surface area contributed by atoms with Crippen LogP contribution in [0, 0.1) is 10.8 Å². The van der Waals surface area contributed by atoms with Crippen LogP contribution in [-0.2, 0) is 6.42 Å². The highest BCUT2D eigenvalue weighted by atomic mass is 16.1. The quantitative estimate of drug-likeness (QED) is 0.477. The van der Waals surface area contributed by atoms with Crippen molar-refractivity contribution in [2.24, 2.45) is 21.9 Å². The fraction of sp³-hybridized carbons (Fsp3) is 0.267. The normalized spacial score (nSPS) is 25.9. The molecule has 1 aliphatic carbocycles. The number of rotatable bonds is 4. The first-order valence-corrected chi connectivity index (χ1v) is 6.71. The third kappa shape index (κ3) is 2.18. The highest BCUT2D eigenvalue weighted by Crippen LogP contribution is 2.53.